The monoisotopic (exact) mass is 371 g/mol. The molecule has 6 rings (SSSR count). The maximum absolute atomic E-state index is 12.8. The van der Waals surface area contributed by atoms with Gasteiger partial charge in [0.1, 0.15) is 5.69 Å². The molecule has 3 aromatic rings. The fourth-order valence-corrected chi connectivity index (χ4v) is 4.65. The van der Waals surface area contributed by atoms with Crippen LogP contribution in [0.4, 0.5) is 13.2 Å². The van der Waals surface area contributed by atoms with Gasteiger partial charge in [0, 0.05) is 41.8 Å². The number of alkyl halides is 3. The molecule has 27 heavy (non-hydrogen) atoms. The first kappa shape index (κ1) is 16.8. The lowest BCUT2D eigenvalue weighted by Gasteiger charge is -2.27. The second kappa shape index (κ2) is 6.09. The summed E-state index contributed by atoms with van der Waals surface area (Å²) in [5.41, 5.74) is 3.89. The molecule has 0 spiro atoms. The zero-order valence-electron chi connectivity index (χ0n) is 14.8. The third kappa shape index (κ3) is 2.83. The van der Waals surface area contributed by atoms with Gasteiger partial charge in [0.25, 0.3) is 0 Å². The van der Waals surface area contributed by atoms with E-state index in [0.29, 0.717) is 12.5 Å². The van der Waals surface area contributed by atoms with Gasteiger partial charge < -0.3 is 4.57 Å². The Bertz CT molecular complexity index is 980. The van der Waals surface area contributed by atoms with Gasteiger partial charge >= 0.3 is 6.18 Å². The molecule has 0 saturated carbocycles. The zero-order chi connectivity index (χ0) is 18.6. The van der Waals surface area contributed by atoms with Gasteiger partial charge in [-0.2, -0.15) is 13.2 Å². The number of para-hydroxylation sites is 1. The van der Waals surface area contributed by atoms with Crippen molar-refractivity contribution >= 4 is 10.9 Å². The van der Waals surface area contributed by atoms with Gasteiger partial charge in [0.2, 0.25) is 0 Å². The highest BCUT2D eigenvalue weighted by molar-refractivity contribution is 5.86. The summed E-state index contributed by atoms with van der Waals surface area (Å²) in [5.74, 6) is 0.522. The fourth-order valence-electron chi connectivity index (χ4n) is 4.65. The van der Waals surface area contributed by atoms with Crippen molar-refractivity contribution < 1.29 is 13.2 Å². The standard InChI is InChI=1S/C21H20F3N3/c22-21(23,24)19-6-5-14(11-25-19)12-27-18-4-2-1-3-16(18)17-13-26-9-7-15(8-10-26)20(17)27/h1-6,11,15H,7-10,12-13H2. The number of rotatable bonds is 2. The van der Waals surface area contributed by atoms with Crippen molar-refractivity contribution in [1.82, 2.24) is 14.5 Å². The summed E-state index contributed by atoms with van der Waals surface area (Å²) in [7, 11) is 0. The van der Waals surface area contributed by atoms with E-state index in [1.807, 2.05) is 6.07 Å². The minimum absolute atomic E-state index is 0.522. The van der Waals surface area contributed by atoms with Crippen molar-refractivity contribution in [2.45, 2.75) is 38.0 Å². The first-order valence-electron chi connectivity index (χ1n) is 9.35. The average Bonchev–Trinajstić information content (AvgIpc) is 2.79. The second-order valence-corrected chi connectivity index (χ2v) is 7.57. The first-order valence-corrected chi connectivity index (χ1v) is 9.35. The summed E-state index contributed by atoms with van der Waals surface area (Å²) in [4.78, 5) is 6.15. The van der Waals surface area contributed by atoms with Crippen molar-refractivity contribution in [2.75, 3.05) is 13.1 Å². The molecule has 0 unspecified atom stereocenters. The van der Waals surface area contributed by atoms with Crippen LogP contribution < -0.4 is 0 Å². The molecule has 0 radical (unpaired) electrons. The van der Waals surface area contributed by atoms with Crippen molar-refractivity contribution in [3.63, 3.8) is 0 Å². The Morgan fingerprint density at radius 1 is 1.04 bits per heavy atom. The van der Waals surface area contributed by atoms with E-state index < -0.39 is 11.9 Å². The van der Waals surface area contributed by atoms with Crippen LogP contribution in [0.25, 0.3) is 10.9 Å². The number of piperidine rings is 1. The van der Waals surface area contributed by atoms with Gasteiger partial charge in [-0.15, -0.1) is 0 Å². The minimum Gasteiger partial charge on any atom is -0.339 e. The molecule has 0 amide bonds. The van der Waals surface area contributed by atoms with Crippen molar-refractivity contribution in [1.29, 1.82) is 0 Å². The van der Waals surface area contributed by atoms with E-state index in [9.17, 15) is 13.2 Å². The topological polar surface area (TPSA) is 21.1 Å². The lowest BCUT2D eigenvalue weighted by Crippen LogP contribution is -2.29. The number of aromatic nitrogens is 2. The number of nitrogens with zero attached hydrogens (tertiary/aromatic N) is 3. The number of hydrogen-bond donors (Lipinski definition) is 0. The van der Waals surface area contributed by atoms with Crippen molar-refractivity contribution in [2.24, 2.45) is 0 Å². The molecule has 3 aliphatic heterocycles. The molecule has 140 valence electrons. The summed E-state index contributed by atoms with van der Waals surface area (Å²) in [6, 6.07) is 11.0. The maximum Gasteiger partial charge on any atom is 0.433 e. The molecule has 1 aromatic carbocycles. The molecule has 3 nitrogen and oxygen atoms in total. The van der Waals surface area contributed by atoms with E-state index in [-0.39, 0.29) is 0 Å². The molecule has 1 saturated heterocycles. The van der Waals surface area contributed by atoms with Crippen LogP contribution in [-0.4, -0.2) is 27.5 Å². The van der Waals surface area contributed by atoms with Crippen LogP contribution in [0, 0.1) is 0 Å². The Labute approximate surface area is 155 Å². The van der Waals surface area contributed by atoms with Crippen LogP contribution >= 0.6 is 0 Å². The quantitative estimate of drug-likeness (QED) is 0.645. The summed E-state index contributed by atoms with van der Waals surface area (Å²) in [5, 5.41) is 1.27. The van der Waals surface area contributed by atoms with Crippen LogP contribution in [0.1, 0.15) is 41.3 Å². The number of halogens is 3. The molecule has 0 N–H and O–H groups in total. The van der Waals surface area contributed by atoms with Gasteiger partial charge in [-0.3, -0.25) is 9.88 Å². The van der Waals surface area contributed by atoms with Crippen LogP contribution in [0.2, 0.25) is 0 Å². The fraction of sp³-hybridized carbons (Fsp3) is 0.381. The largest absolute Gasteiger partial charge is 0.433 e. The summed E-state index contributed by atoms with van der Waals surface area (Å²) < 4.78 is 40.7. The lowest BCUT2D eigenvalue weighted by molar-refractivity contribution is -0.141. The summed E-state index contributed by atoms with van der Waals surface area (Å²) >= 11 is 0. The predicted octanol–water partition coefficient (Wildman–Crippen LogP) is 4.80. The van der Waals surface area contributed by atoms with Gasteiger partial charge in [0.15, 0.2) is 0 Å². The average molecular weight is 371 g/mol. The summed E-state index contributed by atoms with van der Waals surface area (Å²) in [6.07, 6.45) is -0.742. The third-order valence-electron chi connectivity index (χ3n) is 5.93. The molecule has 0 atom stereocenters. The van der Waals surface area contributed by atoms with E-state index in [4.69, 9.17) is 0 Å². The van der Waals surface area contributed by atoms with Crippen LogP contribution in [0.3, 0.4) is 0 Å². The van der Waals surface area contributed by atoms with E-state index in [0.717, 1.165) is 49.6 Å². The number of fused-ring (bicyclic) bond motifs is 3. The van der Waals surface area contributed by atoms with E-state index in [2.05, 4.69) is 32.7 Å². The van der Waals surface area contributed by atoms with Gasteiger partial charge in [-0.1, -0.05) is 24.3 Å². The SMILES string of the molecule is FC(F)(F)c1ccc(Cn2c3c(c4ccccc42)CN2CCC3CC2)cn1. The molecule has 1 fully saturated rings. The highest BCUT2D eigenvalue weighted by Crippen LogP contribution is 2.41. The van der Waals surface area contributed by atoms with Crippen LogP contribution in [0.5, 0.6) is 0 Å². The predicted molar refractivity (Wildman–Crippen MR) is 97.5 cm³/mol. The number of pyridine rings is 1. The molecule has 0 aliphatic carbocycles. The van der Waals surface area contributed by atoms with Crippen LogP contribution in [0.15, 0.2) is 42.6 Å². The van der Waals surface area contributed by atoms with E-state index >= 15 is 0 Å². The molecule has 2 aromatic heterocycles. The molecular formula is C21H20F3N3. The van der Waals surface area contributed by atoms with Gasteiger partial charge in [-0.05, 0) is 49.2 Å². The lowest BCUT2D eigenvalue weighted by atomic mass is 9.94. The van der Waals surface area contributed by atoms with Crippen molar-refractivity contribution in [3.05, 3.63) is 65.1 Å². The van der Waals surface area contributed by atoms with E-state index in [1.54, 1.807) is 6.07 Å². The maximum atomic E-state index is 12.8. The zero-order valence-corrected chi connectivity index (χ0v) is 14.8. The Morgan fingerprint density at radius 3 is 2.52 bits per heavy atom. The van der Waals surface area contributed by atoms with Gasteiger partial charge in [0.05, 0.1) is 0 Å². The highest BCUT2D eigenvalue weighted by Gasteiger charge is 2.33. The minimum atomic E-state index is -4.40. The Morgan fingerprint density at radius 2 is 1.81 bits per heavy atom. The molecule has 5 heterocycles. The molecule has 2 bridgehead atoms. The van der Waals surface area contributed by atoms with E-state index in [1.165, 1.54) is 22.8 Å². The Hall–Kier alpha value is -2.34. The Kier molecular flexibility index (Phi) is 3.79. The highest BCUT2D eigenvalue weighted by atomic mass is 19.4. The van der Waals surface area contributed by atoms with Gasteiger partial charge in [-0.25, -0.2) is 0 Å². The molecular weight excluding hydrogens is 351 g/mol. The first-order chi connectivity index (χ1) is 13.0. The smallest absolute Gasteiger partial charge is 0.339 e. The molecule has 3 aliphatic rings. The normalized spacial score (nSPS) is 22.0. The number of hydrogen-bond acceptors (Lipinski definition) is 2. The van der Waals surface area contributed by atoms with Crippen LogP contribution in [-0.2, 0) is 19.3 Å². The summed E-state index contributed by atoms with van der Waals surface area (Å²) in [6.45, 7) is 3.76. The Balaban J connectivity index is 1.60. The third-order valence-corrected chi connectivity index (χ3v) is 5.93. The van der Waals surface area contributed by atoms with Crippen molar-refractivity contribution in [3.8, 4) is 0 Å². The number of benzene rings is 1. The second-order valence-electron chi connectivity index (χ2n) is 7.57. The molecule has 6 heteroatoms.